The van der Waals surface area contributed by atoms with E-state index in [1.165, 1.54) is 0 Å². The van der Waals surface area contributed by atoms with Crippen LogP contribution in [0, 0.1) is 5.92 Å². The molecule has 2 amide bonds. The lowest BCUT2D eigenvalue weighted by Gasteiger charge is -2.19. The Labute approximate surface area is 204 Å². The maximum atomic E-state index is 12.6. The van der Waals surface area contributed by atoms with E-state index in [4.69, 9.17) is 11.6 Å². The van der Waals surface area contributed by atoms with Crippen molar-refractivity contribution in [1.82, 2.24) is 15.3 Å². The van der Waals surface area contributed by atoms with Gasteiger partial charge >= 0.3 is 0 Å². The standard InChI is InChI=1S/C26H28ClN5O2/c1-4-19(11-15(2)3)29-25(34)16-5-8-20(9-6-16)30-26-28-14-17-12-23(33)31-22-13-18(27)7-10-21(22)24(17)32-26/h5-10,13-15,19H,4,11-12H2,1-3H3,(H,29,34)(H,31,33)(H,28,30,32). The second kappa shape index (κ2) is 10.2. The number of amides is 2. The molecular weight excluding hydrogens is 450 g/mol. The first-order valence-electron chi connectivity index (χ1n) is 11.5. The van der Waals surface area contributed by atoms with Crippen LogP contribution in [0.1, 0.15) is 49.5 Å². The lowest BCUT2D eigenvalue weighted by Crippen LogP contribution is -2.35. The average molecular weight is 478 g/mol. The highest BCUT2D eigenvalue weighted by molar-refractivity contribution is 6.31. The molecule has 1 aliphatic rings. The molecule has 1 atom stereocenters. The molecule has 8 heteroatoms. The van der Waals surface area contributed by atoms with E-state index in [1.807, 2.05) is 18.2 Å². The number of nitrogens with one attached hydrogen (secondary N) is 3. The third-order valence-corrected chi connectivity index (χ3v) is 5.95. The first-order valence-corrected chi connectivity index (χ1v) is 11.8. The van der Waals surface area contributed by atoms with Crippen molar-refractivity contribution in [1.29, 1.82) is 0 Å². The lowest BCUT2D eigenvalue weighted by atomic mass is 10.0. The number of rotatable bonds is 7. The third kappa shape index (κ3) is 5.54. The summed E-state index contributed by atoms with van der Waals surface area (Å²) in [5.74, 6) is 0.705. The highest BCUT2D eigenvalue weighted by atomic mass is 35.5. The zero-order valence-electron chi connectivity index (χ0n) is 19.5. The molecule has 1 unspecified atom stereocenters. The van der Waals surface area contributed by atoms with Crippen molar-refractivity contribution in [3.05, 3.63) is 64.8 Å². The minimum atomic E-state index is -0.140. The van der Waals surface area contributed by atoms with E-state index in [9.17, 15) is 9.59 Å². The van der Waals surface area contributed by atoms with Gasteiger partial charge in [0.1, 0.15) is 0 Å². The van der Waals surface area contributed by atoms with Crippen LogP contribution in [0.5, 0.6) is 0 Å². The van der Waals surface area contributed by atoms with Crippen LogP contribution in [-0.2, 0) is 11.2 Å². The largest absolute Gasteiger partial charge is 0.349 e. The second-order valence-corrected chi connectivity index (χ2v) is 9.33. The first-order chi connectivity index (χ1) is 16.3. The summed E-state index contributed by atoms with van der Waals surface area (Å²) in [6.45, 7) is 6.39. The number of anilines is 3. The summed E-state index contributed by atoms with van der Waals surface area (Å²) in [6, 6.07) is 12.7. The Morgan fingerprint density at radius 3 is 2.65 bits per heavy atom. The average Bonchev–Trinajstić information content (AvgIpc) is 2.93. The number of carbonyl (C=O) groups is 2. The van der Waals surface area contributed by atoms with E-state index < -0.39 is 0 Å². The predicted octanol–water partition coefficient (Wildman–Crippen LogP) is 5.59. The molecule has 3 aromatic rings. The van der Waals surface area contributed by atoms with Crippen LogP contribution in [0.4, 0.5) is 17.3 Å². The van der Waals surface area contributed by atoms with Crippen molar-refractivity contribution < 1.29 is 9.59 Å². The van der Waals surface area contributed by atoms with Crippen LogP contribution >= 0.6 is 11.6 Å². The molecule has 2 aromatic carbocycles. The van der Waals surface area contributed by atoms with Crippen molar-refractivity contribution in [3.8, 4) is 11.3 Å². The van der Waals surface area contributed by atoms with Crippen molar-refractivity contribution in [2.45, 2.75) is 46.1 Å². The zero-order valence-corrected chi connectivity index (χ0v) is 20.2. The molecule has 176 valence electrons. The number of aromatic nitrogens is 2. The Kier molecular flexibility index (Phi) is 7.12. The number of fused-ring (bicyclic) bond motifs is 3. The molecule has 3 N–H and O–H groups in total. The summed E-state index contributed by atoms with van der Waals surface area (Å²) in [5, 5.41) is 9.71. The molecule has 1 aliphatic heterocycles. The van der Waals surface area contributed by atoms with Gasteiger partial charge < -0.3 is 16.0 Å². The maximum absolute atomic E-state index is 12.6. The van der Waals surface area contributed by atoms with E-state index in [1.54, 1.807) is 30.5 Å². The number of nitrogens with zero attached hydrogens (tertiary/aromatic N) is 2. The van der Waals surface area contributed by atoms with Gasteiger partial charge in [-0.1, -0.05) is 32.4 Å². The Morgan fingerprint density at radius 1 is 1.18 bits per heavy atom. The highest BCUT2D eigenvalue weighted by Crippen LogP contribution is 2.34. The number of benzene rings is 2. The van der Waals surface area contributed by atoms with Crippen LogP contribution in [0.25, 0.3) is 11.3 Å². The second-order valence-electron chi connectivity index (χ2n) is 8.89. The van der Waals surface area contributed by atoms with Crippen molar-refractivity contribution >= 4 is 40.7 Å². The predicted molar refractivity (Wildman–Crippen MR) is 136 cm³/mol. The van der Waals surface area contributed by atoms with Gasteiger partial charge in [0.2, 0.25) is 11.9 Å². The molecule has 7 nitrogen and oxygen atoms in total. The SMILES string of the molecule is CCC(CC(C)C)NC(=O)c1ccc(Nc2ncc3c(n2)-c2ccc(Cl)cc2NC(=O)C3)cc1. The molecule has 34 heavy (non-hydrogen) atoms. The van der Waals surface area contributed by atoms with Crippen LogP contribution in [-0.4, -0.2) is 27.8 Å². The normalized spacial score (nSPS) is 13.4. The van der Waals surface area contributed by atoms with Crippen molar-refractivity contribution in [2.24, 2.45) is 5.92 Å². The van der Waals surface area contributed by atoms with Gasteiger partial charge in [-0.25, -0.2) is 9.97 Å². The van der Waals surface area contributed by atoms with E-state index >= 15 is 0 Å². The van der Waals surface area contributed by atoms with Gasteiger partial charge in [0.25, 0.3) is 5.91 Å². The molecule has 0 saturated carbocycles. The maximum Gasteiger partial charge on any atom is 0.251 e. The minimum absolute atomic E-state index is 0.0761. The summed E-state index contributed by atoms with van der Waals surface area (Å²) in [6.07, 6.45) is 3.69. The molecule has 0 fully saturated rings. The quantitative estimate of drug-likeness (QED) is 0.412. The fourth-order valence-electron chi connectivity index (χ4n) is 4.02. The number of carbonyl (C=O) groups excluding carboxylic acids is 2. The topological polar surface area (TPSA) is 96.0 Å². The molecule has 0 aliphatic carbocycles. The van der Waals surface area contributed by atoms with Crippen LogP contribution in [0.3, 0.4) is 0 Å². The molecule has 1 aromatic heterocycles. The van der Waals surface area contributed by atoms with E-state index in [0.717, 1.165) is 29.7 Å². The summed E-state index contributed by atoms with van der Waals surface area (Å²) >= 11 is 6.11. The molecule has 2 heterocycles. The number of halogens is 1. The molecule has 0 spiro atoms. The van der Waals surface area contributed by atoms with Crippen molar-refractivity contribution in [2.75, 3.05) is 10.6 Å². The van der Waals surface area contributed by atoms with Crippen LogP contribution < -0.4 is 16.0 Å². The Balaban J connectivity index is 1.52. The first kappa shape index (κ1) is 23.7. The van der Waals surface area contributed by atoms with Gasteiger partial charge in [-0.15, -0.1) is 0 Å². The van der Waals surface area contributed by atoms with Crippen molar-refractivity contribution in [3.63, 3.8) is 0 Å². The Morgan fingerprint density at radius 2 is 1.94 bits per heavy atom. The Hall–Kier alpha value is -3.45. The minimum Gasteiger partial charge on any atom is -0.349 e. The molecule has 4 rings (SSSR count). The van der Waals surface area contributed by atoms with Gasteiger partial charge in [0, 0.05) is 39.6 Å². The van der Waals surface area contributed by atoms with Gasteiger partial charge in [-0.2, -0.15) is 0 Å². The summed E-state index contributed by atoms with van der Waals surface area (Å²) in [4.78, 5) is 33.9. The number of hydrogen-bond acceptors (Lipinski definition) is 5. The van der Waals surface area contributed by atoms with Gasteiger partial charge in [-0.05, 0) is 61.2 Å². The van der Waals surface area contributed by atoms with Crippen LogP contribution in [0.15, 0.2) is 48.7 Å². The monoisotopic (exact) mass is 477 g/mol. The summed E-state index contributed by atoms with van der Waals surface area (Å²) in [7, 11) is 0. The van der Waals surface area contributed by atoms with Gasteiger partial charge in [0.05, 0.1) is 17.8 Å². The zero-order chi connectivity index (χ0) is 24.2. The fraction of sp³-hybridized carbons (Fsp3) is 0.308. The van der Waals surface area contributed by atoms with Crippen LogP contribution in [0.2, 0.25) is 5.02 Å². The highest BCUT2D eigenvalue weighted by Gasteiger charge is 2.21. The molecular formula is C26H28ClN5O2. The van der Waals surface area contributed by atoms with Gasteiger partial charge in [0.15, 0.2) is 0 Å². The van der Waals surface area contributed by atoms with E-state index in [2.05, 4.69) is 46.7 Å². The smallest absolute Gasteiger partial charge is 0.251 e. The fourth-order valence-corrected chi connectivity index (χ4v) is 4.19. The van der Waals surface area contributed by atoms with E-state index in [0.29, 0.717) is 33.8 Å². The molecule has 0 bridgehead atoms. The molecule has 0 radical (unpaired) electrons. The molecule has 0 saturated heterocycles. The summed E-state index contributed by atoms with van der Waals surface area (Å²) in [5.41, 5.74) is 4.18. The Bertz CT molecular complexity index is 1210. The lowest BCUT2D eigenvalue weighted by molar-refractivity contribution is -0.115. The number of hydrogen-bond donors (Lipinski definition) is 3. The van der Waals surface area contributed by atoms with E-state index in [-0.39, 0.29) is 24.3 Å². The summed E-state index contributed by atoms with van der Waals surface area (Å²) < 4.78 is 0. The third-order valence-electron chi connectivity index (χ3n) is 5.71. The van der Waals surface area contributed by atoms with Gasteiger partial charge in [-0.3, -0.25) is 9.59 Å².